The van der Waals surface area contributed by atoms with Gasteiger partial charge in [0.25, 0.3) is 5.91 Å². The van der Waals surface area contributed by atoms with Crippen molar-refractivity contribution in [2.45, 2.75) is 31.6 Å². The number of aromatic nitrogens is 2. The van der Waals surface area contributed by atoms with E-state index in [0.29, 0.717) is 35.9 Å². The summed E-state index contributed by atoms with van der Waals surface area (Å²) in [6.45, 7) is 1.35. The van der Waals surface area contributed by atoms with Crippen molar-refractivity contribution in [3.8, 4) is 28.9 Å². The maximum Gasteiger partial charge on any atom is 0.274 e. The van der Waals surface area contributed by atoms with Gasteiger partial charge in [-0.2, -0.15) is 5.26 Å². The van der Waals surface area contributed by atoms with Gasteiger partial charge in [-0.15, -0.1) is 0 Å². The van der Waals surface area contributed by atoms with Crippen LogP contribution in [0.1, 0.15) is 53.3 Å². The molecule has 2 aliphatic rings. The average molecular weight is 448 g/mol. The Labute approximate surface area is 190 Å². The fourth-order valence-electron chi connectivity index (χ4n) is 4.39. The number of carbonyl (C=O) groups is 1. The normalized spacial score (nSPS) is 15.5. The molecule has 1 aliphatic heterocycles. The Balaban J connectivity index is 1.74. The zero-order valence-electron chi connectivity index (χ0n) is 18.1. The Kier molecular flexibility index (Phi) is 5.33. The van der Waals surface area contributed by atoms with Gasteiger partial charge in [0.05, 0.1) is 24.1 Å². The summed E-state index contributed by atoms with van der Waals surface area (Å²) in [7, 11) is 1.39. The molecule has 0 spiro atoms. The number of nitrogens with zero attached hydrogens (tertiary/aromatic N) is 4. The maximum atomic E-state index is 14.7. The Hall–Kier alpha value is -3.73. The van der Waals surface area contributed by atoms with E-state index < -0.39 is 11.6 Å². The molecule has 3 aromatic rings. The second-order valence-corrected chi connectivity index (χ2v) is 8.40. The SMILES string of the molecule is COc1ccc(-n2c(-c3ccc(C#N)c(F)c3)nc(C(=O)N3CCCC3)c2C2CC2)cc1F. The molecule has 2 aromatic carbocycles. The summed E-state index contributed by atoms with van der Waals surface area (Å²) in [5.41, 5.74) is 1.85. The predicted octanol–water partition coefficient (Wildman–Crippen LogP) is 4.81. The van der Waals surface area contributed by atoms with E-state index in [0.717, 1.165) is 31.4 Å². The molecule has 1 amide bonds. The molecule has 1 saturated heterocycles. The van der Waals surface area contributed by atoms with Gasteiger partial charge in [0, 0.05) is 30.6 Å². The molecule has 2 heterocycles. The van der Waals surface area contributed by atoms with Gasteiger partial charge in [-0.3, -0.25) is 9.36 Å². The smallest absolute Gasteiger partial charge is 0.274 e. The lowest BCUT2D eigenvalue weighted by molar-refractivity contribution is 0.0786. The summed E-state index contributed by atoms with van der Waals surface area (Å²) in [5, 5.41) is 9.10. The van der Waals surface area contributed by atoms with Gasteiger partial charge >= 0.3 is 0 Å². The third kappa shape index (κ3) is 3.74. The third-order valence-corrected chi connectivity index (χ3v) is 6.21. The minimum Gasteiger partial charge on any atom is -0.494 e. The van der Waals surface area contributed by atoms with Crippen molar-refractivity contribution in [2.75, 3.05) is 20.2 Å². The summed E-state index contributed by atoms with van der Waals surface area (Å²) in [5.74, 6) is -0.821. The first-order chi connectivity index (χ1) is 16.0. The highest BCUT2D eigenvalue weighted by molar-refractivity contribution is 5.95. The molecule has 6 nitrogen and oxygen atoms in total. The van der Waals surface area contributed by atoms with E-state index in [1.165, 1.54) is 31.4 Å². The summed E-state index contributed by atoms with van der Waals surface area (Å²) < 4.78 is 36.0. The topological polar surface area (TPSA) is 71.1 Å². The lowest BCUT2D eigenvalue weighted by atomic mass is 10.1. The molecule has 8 heteroatoms. The van der Waals surface area contributed by atoms with Crippen molar-refractivity contribution in [3.05, 3.63) is 65.0 Å². The van der Waals surface area contributed by atoms with Crippen LogP contribution in [0.5, 0.6) is 5.75 Å². The van der Waals surface area contributed by atoms with Gasteiger partial charge in [-0.05, 0) is 56.0 Å². The van der Waals surface area contributed by atoms with Gasteiger partial charge < -0.3 is 9.64 Å². The number of ether oxygens (including phenoxy) is 1. The average Bonchev–Trinajstić information content (AvgIpc) is 3.35. The number of methoxy groups -OCH3 is 1. The van der Waals surface area contributed by atoms with Crippen LogP contribution >= 0.6 is 0 Å². The van der Waals surface area contributed by atoms with Gasteiger partial charge in [0.1, 0.15) is 17.7 Å². The predicted molar refractivity (Wildman–Crippen MR) is 117 cm³/mol. The molecular formula is C25H22F2N4O2. The molecule has 0 unspecified atom stereocenters. The largest absolute Gasteiger partial charge is 0.494 e. The molecule has 0 atom stereocenters. The minimum atomic E-state index is -0.675. The molecular weight excluding hydrogens is 426 g/mol. The molecule has 168 valence electrons. The number of carbonyl (C=O) groups excluding carboxylic acids is 1. The second-order valence-electron chi connectivity index (χ2n) is 8.40. The molecule has 0 N–H and O–H groups in total. The van der Waals surface area contributed by atoms with Crippen LogP contribution < -0.4 is 4.74 Å². The lowest BCUT2D eigenvalue weighted by Crippen LogP contribution is -2.28. The molecule has 2 fully saturated rings. The van der Waals surface area contributed by atoms with Crippen molar-refractivity contribution in [3.63, 3.8) is 0 Å². The number of amides is 1. The van der Waals surface area contributed by atoms with E-state index in [1.54, 1.807) is 21.6 Å². The van der Waals surface area contributed by atoms with Crippen molar-refractivity contribution in [1.82, 2.24) is 14.5 Å². The van der Waals surface area contributed by atoms with Crippen molar-refractivity contribution in [2.24, 2.45) is 0 Å². The van der Waals surface area contributed by atoms with E-state index in [9.17, 15) is 13.6 Å². The number of imidazole rings is 1. The van der Waals surface area contributed by atoms with Crippen molar-refractivity contribution in [1.29, 1.82) is 5.26 Å². The van der Waals surface area contributed by atoms with E-state index >= 15 is 0 Å². The standard InChI is InChI=1S/C25H22F2N4O2/c1-33-21-9-8-18(13-20(21)27)31-23(15-4-5-15)22(25(32)30-10-2-3-11-30)29-24(31)16-6-7-17(14-28)19(26)12-16/h6-9,12-13,15H,2-5,10-11H2,1H3. The Morgan fingerprint density at radius 3 is 2.48 bits per heavy atom. The number of likely N-dealkylation sites (tertiary alicyclic amines) is 1. The number of hydrogen-bond donors (Lipinski definition) is 0. The summed E-state index contributed by atoms with van der Waals surface area (Å²) in [6.07, 6.45) is 3.68. The number of rotatable bonds is 5. The number of nitriles is 1. The van der Waals surface area contributed by atoms with Gasteiger partial charge in [-0.1, -0.05) is 0 Å². The van der Waals surface area contributed by atoms with Crippen molar-refractivity contribution < 1.29 is 18.3 Å². The van der Waals surface area contributed by atoms with Gasteiger partial charge in [0.15, 0.2) is 17.3 Å². The molecule has 1 saturated carbocycles. The summed E-state index contributed by atoms with van der Waals surface area (Å²) >= 11 is 0. The summed E-state index contributed by atoms with van der Waals surface area (Å²) in [6, 6.07) is 10.6. The quantitative estimate of drug-likeness (QED) is 0.562. The first kappa shape index (κ1) is 21.1. The van der Waals surface area contributed by atoms with Crippen LogP contribution in [0.2, 0.25) is 0 Å². The highest BCUT2D eigenvalue weighted by Gasteiger charge is 2.37. The van der Waals surface area contributed by atoms with Crippen LogP contribution in [0, 0.1) is 23.0 Å². The molecule has 1 aromatic heterocycles. The number of benzene rings is 2. The molecule has 33 heavy (non-hydrogen) atoms. The second kappa shape index (κ2) is 8.32. The van der Waals surface area contributed by atoms with Crippen LogP contribution in [0.15, 0.2) is 36.4 Å². The maximum absolute atomic E-state index is 14.7. The fourth-order valence-corrected chi connectivity index (χ4v) is 4.39. The molecule has 1 aliphatic carbocycles. The zero-order chi connectivity index (χ0) is 23.1. The third-order valence-electron chi connectivity index (χ3n) is 6.21. The molecule has 0 bridgehead atoms. The lowest BCUT2D eigenvalue weighted by Gasteiger charge is -2.16. The Bertz CT molecular complexity index is 1280. The minimum absolute atomic E-state index is 0.0804. The van der Waals surface area contributed by atoms with Crippen LogP contribution in [0.3, 0.4) is 0 Å². The molecule has 0 radical (unpaired) electrons. The van der Waals surface area contributed by atoms with E-state index in [4.69, 9.17) is 15.0 Å². The van der Waals surface area contributed by atoms with E-state index in [1.807, 2.05) is 6.07 Å². The number of halogens is 2. The van der Waals surface area contributed by atoms with E-state index in [2.05, 4.69) is 0 Å². The first-order valence-electron chi connectivity index (χ1n) is 11.0. The van der Waals surface area contributed by atoms with Gasteiger partial charge in [-0.25, -0.2) is 13.8 Å². The first-order valence-corrected chi connectivity index (χ1v) is 11.0. The highest BCUT2D eigenvalue weighted by atomic mass is 19.1. The van der Waals surface area contributed by atoms with Gasteiger partial charge in [0.2, 0.25) is 0 Å². The summed E-state index contributed by atoms with van der Waals surface area (Å²) in [4.78, 5) is 19.9. The number of hydrogen-bond acceptors (Lipinski definition) is 4. The Morgan fingerprint density at radius 2 is 1.88 bits per heavy atom. The van der Waals surface area contributed by atoms with Crippen LogP contribution in [0.4, 0.5) is 8.78 Å². The van der Waals surface area contributed by atoms with Crippen LogP contribution in [-0.2, 0) is 0 Å². The van der Waals surface area contributed by atoms with E-state index in [-0.39, 0.29) is 23.1 Å². The van der Waals surface area contributed by atoms with Crippen LogP contribution in [0.25, 0.3) is 17.1 Å². The van der Waals surface area contributed by atoms with Crippen LogP contribution in [-0.4, -0.2) is 40.6 Å². The Morgan fingerprint density at radius 1 is 1.12 bits per heavy atom. The van der Waals surface area contributed by atoms with Crippen molar-refractivity contribution >= 4 is 5.91 Å². The molecule has 5 rings (SSSR count). The fraction of sp³-hybridized carbons (Fsp3) is 0.320. The monoisotopic (exact) mass is 448 g/mol. The zero-order valence-corrected chi connectivity index (χ0v) is 18.1. The highest BCUT2D eigenvalue weighted by Crippen LogP contribution is 2.45.